The van der Waals surface area contributed by atoms with E-state index in [1.807, 2.05) is 42.5 Å². The van der Waals surface area contributed by atoms with Gasteiger partial charge in [-0.1, -0.05) is 46.3 Å². The molecule has 2 amide bonds. The monoisotopic (exact) mass is 430 g/mol. The van der Waals surface area contributed by atoms with Gasteiger partial charge in [-0.15, -0.1) is 0 Å². The molecule has 0 saturated carbocycles. The number of allylic oxidation sites excluding steroid dienone is 1. The number of carbonyl (C=O) groups excluding carboxylic acids is 2. The summed E-state index contributed by atoms with van der Waals surface area (Å²) in [6.45, 7) is 2.03. The first kappa shape index (κ1) is 19.0. The molecule has 0 spiro atoms. The van der Waals surface area contributed by atoms with Gasteiger partial charge in [0.05, 0.1) is 18.7 Å². The SMILES string of the molecule is COC(=O)C1=C(C)NC(=O)N[C@H]1c1cc(Br)ccc1OCc1ccccc1. The Labute approximate surface area is 165 Å². The number of amides is 2. The highest BCUT2D eigenvalue weighted by Crippen LogP contribution is 2.35. The number of methoxy groups -OCH3 is 1. The Hall–Kier alpha value is -2.80. The molecule has 7 heteroatoms. The van der Waals surface area contributed by atoms with Crippen LogP contribution in [-0.2, 0) is 16.1 Å². The van der Waals surface area contributed by atoms with E-state index in [2.05, 4.69) is 26.6 Å². The molecule has 0 saturated heterocycles. The molecular weight excluding hydrogens is 412 g/mol. The standard InChI is InChI=1S/C20H19BrN2O4/c1-12-17(19(24)26-2)18(23-20(25)22-12)15-10-14(21)8-9-16(15)27-11-13-6-4-3-5-7-13/h3-10,18H,11H2,1-2H3,(H2,22,23,25)/t18-/m0/s1. The lowest BCUT2D eigenvalue weighted by molar-refractivity contribution is -0.136. The molecule has 0 radical (unpaired) electrons. The Morgan fingerprint density at radius 2 is 1.93 bits per heavy atom. The second-order valence-corrected chi connectivity index (χ2v) is 6.93. The molecule has 2 N–H and O–H groups in total. The van der Waals surface area contributed by atoms with Gasteiger partial charge in [0.1, 0.15) is 12.4 Å². The van der Waals surface area contributed by atoms with Crippen LogP contribution in [0.4, 0.5) is 4.79 Å². The highest BCUT2D eigenvalue weighted by molar-refractivity contribution is 9.10. The van der Waals surface area contributed by atoms with E-state index in [0.29, 0.717) is 29.2 Å². The van der Waals surface area contributed by atoms with Crippen molar-refractivity contribution in [1.82, 2.24) is 10.6 Å². The Morgan fingerprint density at radius 1 is 1.19 bits per heavy atom. The van der Waals surface area contributed by atoms with Crippen molar-refractivity contribution in [3.63, 3.8) is 0 Å². The molecule has 1 heterocycles. The molecule has 0 bridgehead atoms. The topological polar surface area (TPSA) is 76.7 Å². The average Bonchev–Trinajstić information content (AvgIpc) is 2.66. The third kappa shape index (κ3) is 4.31. The summed E-state index contributed by atoms with van der Waals surface area (Å²) in [6, 6.07) is 14.2. The highest BCUT2D eigenvalue weighted by Gasteiger charge is 2.33. The van der Waals surface area contributed by atoms with Crippen LogP contribution in [0.3, 0.4) is 0 Å². The molecule has 1 aliphatic rings. The van der Waals surface area contributed by atoms with Crippen molar-refractivity contribution >= 4 is 27.9 Å². The van der Waals surface area contributed by atoms with Crippen LogP contribution in [0, 0.1) is 0 Å². The predicted molar refractivity (Wildman–Crippen MR) is 104 cm³/mol. The zero-order valence-electron chi connectivity index (χ0n) is 14.9. The molecule has 3 rings (SSSR count). The lowest BCUT2D eigenvalue weighted by atomic mass is 9.95. The van der Waals surface area contributed by atoms with Crippen LogP contribution in [0.5, 0.6) is 5.75 Å². The Balaban J connectivity index is 1.98. The van der Waals surface area contributed by atoms with E-state index < -0.39 is 12.0 Å². The van der Waals surface area contributed by atoms with Crippen molar-refractivity contribution in [2.75, 3.05) is 7.11 Å². The summed E-state index contributed by atoms with van der Waals surface area (Å²) in [5.41, 5.74) is 2.46. The van der Waals surface area contributed by atoms with Crippen molar-refractivity contribution in [2.24, 2.45) is 0 Å². The van der Waals surface area contributed by atoms with Gasteiger partial charge in [0, 0.05) is 15.7 Å². The van der Waals surface area contributed by atoms with Crippen molar-refractivity contribution in [3.8, 4) is 5.75 Å². The van der Waals surface area contributed by atoms with Gasteiger partial charge in [0.25, 0.3) is 0 Å². The van der Waals surface area contributed by atoms with Crippen LogP contribution < -0.4 is 15.4 Å². The van der Waals surface area contributed by atoms with Crippen LogP contribution in [0.15, 0.2) is 64.3 Å². The van der Waals surface area contributed by atoms with Crippen molar-refractivity contribution < 1.29 is 19.1 Å². The largest absolute Gasteiger partial charge is 0.489 e. The minimum atomic E-state index is -0.686. The quantitative estimate of drug-likeness (QED) is 0.706. The predicted octanol–water partition coefficient (Wildman–Crippen LogP) is 3.83. The number of hydrogen-bond acceptors (Lipinski definition) is 4. The van der Waals surface area contributed by atoms with Gasteiger partial charge in [-0.2, -0.15) is 0 Å². The lowest BCUT2D eigenvalue weighted by Crippen LogP contribution is -2.45. The van der Waals surface area contributed by atoms with Gasteiger partial charge in [0.15, 0.2) is 0 Å². The number of benzene rings is 2. The van der Waals surface area contributed by atoms with E-state index in [0.717, 1.165) is 10.0 Å². The maximum atomic E-state index is 12.3. The molecule has 0 aliphatic carbocycles. The molecule has 27 heavy (non-hydrogen) atoms. The zero-order valence-corrected chi connectivity index (χ0v) is 16.5. The number of carbonyl (C=O) groups is 2. The van der Waals surface area contributed by atoms with E-state index in [9.17, 15) is 9.59 Å². The van der Waals surface area contributed by atoms with Crippen molar-refractivity contribution in [1.29, 1.82) is 0 Å². The van der Waals surface area contributed by atoms with Gasteiger partial charge in [0.2, 0.25) is 0 Å². The zero-order chi connectivity index (χ0) is 19.4. The second-order valence-electron chi connectivity index (χ2n) is 6.02. The number of hydrogen-bond donors (Lipinski definition) is 2. The third-order valence-electron chi connectivity index (χ3n) is 4.19. The third-order valence-corrected chi connectivity index (χ3v) is 4.69. The van der Waals surface area contributed by atoms with E-state index >= 15 is 0 Å². The number of halogens is 1. The maximum Gasteiger partial charge on any atom is 0.337 e. The fourth-order valence-corrected chi connectivity index (χ4v) is 3.30. The second kappa shape index (κ2) is 8.26. The van der Waals surface area contributed by atoms with Crippen LogP contribution in [0.2, 0.25) is 0 Å². The summed E-state index contributed by atoms with van der Waals surface area (Å²) in [5.74, 6) is 0.0578. The molecule has 0 aromatic heterocycles. The number of ether oxygens (including phenoxy) is 2. The van der Waals surface area contributed by atoms with E-state index in [-0.39, 0.29) is 6.03 Å². The van der Waals surface area contributed by atoms with Gasteiger partial charge >= 0.3 is 12.0 Å². The van der Waals surface area contributed by atoms with Crippen LogP contribution in [-0.4, -0.2) is 19.1 Å². The highest BCUT2D eigenvalue weighted by atomic mass is 79.9. The number of urea groups is 1. The van der Waals surface area contributed by atoms with Gasteiger partial charge in [-0.05, 0) is 30.7 Å². The average molecular weight is 431 g/mol. The maximum absolute atomic E-state index is 12.3. The molecular formula is C20H19BrN2O4. The summed E-state index contributed by atoms with van der Waals surface area (Å²) < 4.78 is 11.7. The van der Waals surface area contributed by atoms with E-state index in [1.54, 1.807) is 13.0 Å². The van der Waals surface area contributed by atoms with E-state index in [1.165, 1.54) is 7.11 Å². The molecule has 1 atom stereocenters. The minimum Gasteiger partial charge on any atom is -0.489 e. The fraction of sp³-hybridized carbons (Fsp3) is 0.200. The lowest BCUT2D eigenvalue weighted by Gasteiger charge is -2.29. The molecule has 6 nitrogen and oxygen atoms in total. The first-order valence-corrected chi connectivity index (χ1v) is 9.11. The molecule has 2 aromatic carbocycles. The van der Waals surface area contributed by atoms with Crippen molar-refractivity contribution in [3.05, 3.63) is 75.4 Å². The molecule has 0 fully saturated rings. The van der Waals surface area contributed by atoms with Crippen LogP contribution in [0.1, 0.15) is 24.1 Å². The Morgan fingerprint density at radius 3 is 2.63 bits per heavy atom. The van der Waals surface area contributed by atoms with Crippen LogP contribution in [0.25, 0.3) is 0 Å². The van der Waals surface area contributed by atoms with E-state index in [4.69, 9.17) is 9.47 Å². The molecule has 0 unspecified atom stereocenters. The van der Waals surface area contributed by atoms with Gasteiger partial charge in [-0.3, -0.25) is 0 Å². The summed E-state index contributed by atoms with van der Waals surface area (Å²) in [5, 5.41) is 5.40. The Bertz CT molecular complexity index is 896. The van der Waals surface area contributed by atoms with Crippen LogP contribution >= 0.6 is 15.9 Å². The molecule has 1 aliphatic heterocycles. The number of esters is 1. The Kier molecular flexibility index (Phi) is 5.81. The molecule has 140 valence electrons. The fourth-order valence-electron chi connectivity index (χ4n) is 2.92. The minimum absolute atomic E-state index is 0.333. The van der Waals surface area contributed by atoms with Gasteiger partial charge < -0.3 is 20.1 Å². The first-order valence-electron chi connectivity index (χ1n) is 8.32. The summed E-state index contributed by atoms with van der Waals surface area (Å²) >= 11 is 3.45. The summed E-state index contributed by atoms with van der Waals surface area (Å²) in [6.07, 6.45) is 0. The number of rotatable bonds is 5. The van der Waals surface area contributed by atoms with Gasteiger partial charge in [-0.25, -0.2) is 9.59 Å². The normalized spacial score (nSPS) is 16.4. The summed E-state index contributed by atoms with van der Waals surface area (Å²) in [7, 11) is 1.31. The number of nitrogens with one attached hydrogen (secondary N) is 2. The smallest absolute Gasteiger partial charge is 0.337 e. The summed E-state index contributed by atoms with van der Waals surface area (Å²) in [4.78, 5) is 24.3. The molecule has 2 aromatic rings. The first-order chi connectivity index (χ1) is 13.0. The van der Waals surface area contributed by atoms with Crippen molar-refractivity contribution in [2.45, 2.75) is 19.6 Å².